The molecule has 0 aliphatic carbocycles. The van der Waals surface area contributed by atoms with Gasteiger partial charge in [-0.2, -0.15) is 0 Å². The van der Waals surface area contributed by atoms with Gasteiger partial charge in [-0.15, -0.1) is 0 Å². The minimum absolute atomic E-state index is 0.521. The van der Waals surface area contributed by atoms with Gasteiger partial charge in [0.05, 0.1) is 5.52 Å². The van der Waals surface area contributed by atoms with E-state index >= 15 is 0 Å². The standard InChI is InChI=1S/C20H23IN2S/c1-12(2)19-11-23(24-21)20-6-5-15(10-18(19)20)9-17-13(3)7-16(22)8-14(17)4/h5-8,10-12H,9,22H2,1-4H3. The maximum absolute atomic E-state index is 5.96. The molecule has 1 aromatic heterocycles. The van der Waals surface area contributed by atoms with Crippen LogP contribution >= 0.6 is 30.3 Å². The topological polar surface area (TPSA) is 30.9 Å². The minimum atomic E-state index is 0.521. The first-order valence-electron chi connectivity index (χ1n) is 8.19. The number of hydrogen-bond acceptors (Lipinski definition) is 2. The second-order valence-electron chi connectivity index (χ2n) is 6.80. The van der Waals surface area contributed by atoms with Crippen LogP contribution in [0.2, 0.25) is 0 Å². The summed E-state index contributed by atoms with van der Waals surface area (Å²) in [6.07, 6.45) is 3.23. The maximum atomic E-state index is 5.96. The fourth-order valence-corrected chi connectivity index (χ4v) is 4.77. The summed E-state index contributed by atoms with van der Waals surface area (Å²) in [6, 6.07) is 11.0. The quantitative estimate of drug-likeness (QED) is 0.368. The van der Waals surface area contributed by atoms with Crippen molar-refractivity contribution >= 4 is 46.9 Å². The third-order valence-corrected chi connectivity index (χ3v) is 6.39. The Morgan fingerprint density at radius 1 is 1.12 bits per heavy atom. The van der Waals surface area contributed by atoms with Crippen molar-refractivity contribution in [2.45, 2.75) is 40.0 Å². The van der Waals surface area contributed by atoms with Crippen molar-refractivity contribution in [1.82, 2.24) is 3.97 Å². The van der Waals surface area contributed by atoms with E-state index in [0.29, 0.717) is 5.92 Å². The van der Waals surface area contributed by atoms with Crippen molar-refractivity contribution in [3.63, 3.8) is 0 Å². The van der Waals surface area contributed by atoms with E-state index in [2.05, 4.69) is 89.4 Å². The zero-order chi connectivity index (χ0) is 17.4. The van der Waals surface area contributed by atoms with Gasteiger partial charge < -0.3 is 5.73 Å². The van der Waals surface area contributed by atoms with Crippen LogP contribution in [0.4, 0.5) is 5.69 Å². The number of anilines is 1. The van der Waals surface area contributed by atoms with Crippen molar-refractivity contribution in [3.8, 4) is 0 Å². The average molecular weight is 450 g/mol. The number of nitrogens with two attached hydrogens (primary N) is 1. The molecule has 24 heavy (non-hydrogen) atoms. The van der Waals surface area contributed by atoms with Crippen LogP contribution in [0.3, 0.4) is 0 Å². The molecule has 0 unspecified atom stereocenters. The number of halogens is 1. The van der Waals surface area contributed by atoms with Crippen molar-refractivity contribution in [2.24, 2.45) is 0 Å². The first-order valence-corrected chi connectivity index (χ1v) is 11.5. The van der Waals surface area contributed by atoms with E-state index in [1.807, 2.05) is 0 Å². The maximum Gasteiger partial charge on any atom is 0.0601 e. The minimum Gasteiger partial charge on any atom is -0.399 e. The van der Waals surface area contributed by atoms with Gasteiger partial charge in [-0.1, -0.05) is 19.9 Å². The Kier molecular flexibility index (Phi) is 5.16. The predicted octanol–water partition coefficient (Wildman–Crippen LogP) is 6.40. The molecule has 0 fully saturated rings. The van der Waals surface area contributed by atoms with Crippen LogP contribution in [0.1, 0.15) is 47.6 Å². The number of aromatic nitrogens is 1. The largest absolute Gasteiger partial charge is 0.399 e. The summed E-state index contributed by atoms with van der Waals surface area (Å²) < 4.78 is 2.26. The highest BCUT2D eigenvalue weighted by atomic mass is 127. The van der Waals surface area contributed by atoms with Gasteiger partial charge in [0, 0.05) is 47.6 Å². The molecule has 2 aromatic carbocycles. The normalized spacial score (nSPS) is 11.6. The van der Waals surface area contributed by atoms with Gasteiger partial charge in [-0.25, -0.2) is 0 Å². The van der Waals surface area contributed by atoms with Crippen molar-refractivity contribution in [2.75, 3.05) is 5.73 Å². The zero-order valence-electron chi connectivity index (χ0n) is 14.6. The molecule has 3 aromatic rings. The van der Waals surface area contributed by atoms with E-state index < -0.39 is 0 Å². The second-order valence-corrected chi connectivity index (χ2v) is 8.51. The molecule has 3 rings (SSSR count). The van der Waals surface area contributed by atoms with Gasteiger partial charge in [0.1, 0.15) is 0 Å². The Morgan fingerprint density at radius 2 is 1.79 bits per heavy atom. The number of hydrogen-bond donors (Lipinski definition) is 1. The van der Waals surface area contributed by atoms with Crippen LogP contribution in [-0.4, -0.2) is 3.97 Å². The molecule has 4 heteroatoms. The summed E-state index contributed by atoms with van der Waals surface area (Å²) in [4.78, 5) is 0. The predicted molar refractivity (Wildman–Crippen MR) is 116 cm³/mol. The molecule has 2 nitrogen and oxygen atoms in total. The molecule has 0 saturated heterocycles. The number of benzene rings is 2. The summed E-state index contributed by atoms with van der Waals surface area (Å²) >= 11 is 2.34. The van der Waals surface area contributed by atoms with E-state index in [1.165, 1.54) is 38.7 Å². The smallest absolute Gasteiger partial charge is 0.0601 e. The number of nitrogen functional groups attached to an aromatic ring is 1. The fraction of sp³-hybridized carbons (Fsp3) is 0.300. The van der Waals surface area contributed by atoms with E-state index in [4.69, 9.17) is 5.73 Å². The van der Waals surface area contributed by atoms with Gasteiger partial charge in [0.25, 0.3) is 0 Å². The molecule has 0 spiro atoms. The Hall–Kier alpha value is -1.14. The molecule has 0 atom stereocenters. The van der Waals surface area contributed by atoms with Crippen LogP contribution in [-0.2, 0) is 6.42 Å². The molecule has 0 aliphatic rings. The van der Waals surface area contributed by atoms with Crippen molar-refractivity contribution in [3.05, 3.63) is 64.3 Å². The number of aryl methyl sites for hydroxylation is 2. The van der Waals surface area contributed by atoms with Crippen LogP contribution in [0.5, 0.6) is 0 Å². The van der Waals surface area contributed by atoms with Gasteiger partial charge >= 0.3 is 0 Å². The number of fused-ring (bicyclic) bond motifs is 1. The summed E-state index contributed by atoms with van der Waals surface area (Å²) in [5.41, 5.74) is 14.8. The van der Waals surface area contributed by atoms with Crippen LogP contribution < -0.4 is 5.73 Å². The van der Waals surface area contributed by atoms with Crippen LogP contribution in [0.25, 0.3) is 10.9 Å². The van der Waals surface area contributed by atoms with Crippen molar-refractivity contribution < 1.29 is 0 Å². The van der Waals surface area contributed by atoms with Gasteiger partial charge in [0.2, 0.25) is 0 Å². The summed E-state index contributed by atoms with van der Waals surface area (Å²) in [5, 5.41) is 1.37. The molecular weight excluding hydrogens is 427 g/mol. The molecule has 0 bridgehead atoms. The average Bonchev–Trinajstić information content (AvgIpc) is 2.89. The Morgan fingerprint density at radius 3 is 2.38 bits per heavy atom. The molecule has 2 N–H and O–H groups in total. The lowest BCUT2D eigenvalue weighted by molar-refractivity contribution is 0.874. The van der Waals surface area contributed by atoms with Gasteiger partial charge in [-0.05, 0) is 78.3 Å². The van der Waals surface area contributed by atoms with E-state index in [0.717, 1.165) is 12.1 Å². The Balaban J connectivity index is 2.07. The lowest BCUT2D eigenvalue weighted by atomic mass is 9.94. The molecule has 0 aliphatic heterocycles. The molecular formula is C20H23IN2S. The van der Waals surface area contributed by atoms with E-state index in [-0.39, 0.29) is 0 Å². The highest BCUT2D eigenvalue weighted by Crippen LogP contribution is 2.33. The summed E-state index contributed by atoms with van der Waals surface area (Å²) in [5.74, 6) is 0.521. The van der Waals surface area contributed by atoms with Gasteiger partial charge in [-0.3, -0.25) is 3.97 Å². The summed E-state index contributed by atoms with van der Waals surface area (Å²) in [6.45, 7) is 8.83. The first kappa shape index (κ1) is 17.7. The highest BCUT2D eigenvalue weighted by Gasteiger charge is 2.13. The lowest BCUT2D eigenvalue weighted by Gasteiger charge is -2.12. The highest BCUT2D eigenvalue weighted by molar-refractivity contribution is 14.2. The van der Waals surface area contributed by atoms with E-state index in [1.54, 1.807) is 9.12 Å². The number of rotatable bonds is 4. The molecule has 1 heterocycles. The van der Waals surface area contributed by atoms with Crippen molar-refractivity contribution in [1.29, 1.82) is 0 Å². The molecule has 126 valence electrons. The monoisotopic (exact) mass is 450 g/mol. The third kappa shape index (κ3) is 3.31. The van der Waals surface area contributed by atoms with E-state index in [9.17, 15) is 0 Å². The van der Waals surface area contributed by atoms with Crippen LogP contribution in [0.15, 0.2) is 36.5 Å². The molecule has 0 amide bonds. The van der Waals surface area contributed by atoms with Gasteiger partial charge in [0.15, 0.2) is 0 Å². The second kappa shape index (κ2) is 7.00. The summed E-state index contributed by atoms with van der Waals surface area (Å²) in [7, 11) is 1.73. The van der Waals surface area contributed by atoms with Crippen LogP contribution in [0, 0.1) is 13.8 Å². The molecule has 0 radical (unpaired) electrons. The SMILES string of the molecule is Cc1cc(N)cc(C)c1Cc1ccc2c(c1)c(C(C)C)cn2SI. The number of nitrogens with zero attached hydrogens (tertiary/aromatic N) is 1. The zero-order valence-corrected chi connectivity index (χ0v) is 17.5. The lowest BCUT2D eigenvalue weighted by Crippen LogP contribution is -1.98. The first-order chi connectivity index (χ1) is 11.4. The Labute approximate surface area is 160 Å². The molecule has 0 saturated carbocycles. The third-order valence-electron chi connectivity index (χ3n) is 4.66. The Bertz CT molecular complexity index is 873. The fourth-order valence-electron chi connectivity index (χ4n) is 3.41.